The zero-order chi connectivity index (χ0) is 26.6. The molecule has 0 amide bonds. The summed E-state index contributed by atoms with van der Waals surface area (Å²) in [5.74, 6) is 0. The molecule has 190 valence electrons. The van der Waals surface area contributed by atoms with Gasteiger partial charge < -0.3 is 15.1 Å². The van der Waals surface area contributed by atoms with Crippen molar-refractivity contribution < 1.29 is 10.2 Å². The maximum Gasteiger partial charge on any atom is 0.0761 e. The van der Waals surface area contributed by atoms with Crippen LogP contribution in [0, 0.1) is 6.92 Å². The molecule has 0 saturated heterocycles. The van der Waals surface area contributed by atoms with Crippen molar-refractivity contribution in [2.24, 2.45) is 0 Å². The molecule has 0 aromatic heterocycles. The van der Waals surface area contributed by atoms with Gasteiger partial charge in [-0.1, -0.05) is 90.5 Å². The number of rotatable bonds is 7. The third kappa shape index (κ3) is 5.55. The highest BCUT2D eigenvalue weighted by molar-refractivity contribution is 5.79. The Kier molecular flexibility index (Phi) is 7.41. The Morgan fingerprint density at radius 3 is 0.974 bits per heavy atom. The van der Waals surface area contributed by atoms with E-state index in [9.17, 15) is 10.2 Å². The lowest BCUT2D eigenvalue weighted by Crippen LogP contribution is -2.09. The van der Waals surface area contributed by atoms with Gasteiger partial charge in [0.2, 0.25) is 0 Å². The first-order valence-electron chi connectivity index (χ1n) is 13.0. The number of benzene rings is 5. The quantitative estimate of drug-likeness (QED) is 0.235. The summed E-state index contributed by atoms with van der Waals surface area (Å²) in [5.41, 5.74) is 10.8. The van der Waals surface area contributed by atoms with Gasteiger partial charge in [0.15, 0.2) is 0 Å². The van der Waals surface area contributed by atoms with Gasteiger partial charge in [-0.15, -0.1) is 0 Å². The van der Waals surface area contributed by atoms with E-state index in [2.05, 4.69) is 109 Å². The van der Waals surface area contributed by atoms with Crippen LogP contribution in [0.15, 0.2) is 121 Å². The van der Waals surface area contributed by atoms with Crippen LogP contribution < -0.4 is 4.90 Å². The van der Waals surface area contributed by atoms with Crippen LogP contribution in [0.25, 0.3) is 22.3 Å². The molecule has 2 atom stereocenters. The second kappa shape index (κ2) is 11.1. The molecular formula is C35H33NO2. The van der Waals surface area contributed by atoms with Crippen LogP contribution in [0.2, 0.25) is 0 Å². The fourth-order valence-electron chi connectivity index (χ4n) is 4.66. The first kappa shape index (κ1) is 25.5. The highest BCUT2D eigenvalue weighted by Gasteiger charge is 2.13. The molecule has 5 aromatic rings. The fraction of sp³-hybridized carbons (Fsp3) is 0.143. The fourth-order valence-corrected chi connectivity index (χ4v) is 4.66. The second-order valence-electron chi connectivity index (χ2n) is 9.86. The van der Waals surface area contributed by atoms with Crippen LogP contribution in [-0.2, 0) is 0 Å². The zero-order valence-electron chi connectivity index (χ0n) is 22.0. The Balaban J connectivity index is 1.47. The molecular weight excluding hydrogens is 466 g/mol. The third-order valence-electron chi connectivity index (χ3n) is 7.00. The molecule has 5 rings (SSSR count). The van der Waals surface area contributed by atoms with Gasteiger partial charge in [0.05, 0.1) is 12.2 Å². The smallest absolute Gasteiger partial charge is 0.0761 e. The normalized spacial score (nSPS) is 12.7. The summed E-state index contributed by atoms with van der Waals surface area (Å²) in [6.07, 6.45) is -0.936. The van der Waals surface area contributed by atoms with Crippen LogP contribution in [0.1, 0.15) is 42.7 Å². The summed E-state index contributed by atoms with van der Waals surface area (Å²) >= 11 is 0. The number of aryl methyl sites for hydroxylation is 1. The van der Waals surface area contributed by atoms with Gasteiger partial charge in [-0.2, -0.15) is 0 Å². The third-order valence-corrected chi connectivity index (χ3v) is 7.00. The van der Waals surface area contributed by atoms with Gasteiger partial charge in [-0.05, 0) is 90.6 Å². The number of hydrogen-bond donors (Lipinski definition) is 2. The van der Waals surface area contributed by atoms with Gasteiger partial charge >= 0.3 is 0 Å². The van der Waals surface area contributed by atoms with Gasteiger partial charge in [-0.25, -0.2) is 0 Å². The lowest BCUT2D eigenvalue weighted by molar-refractivity contribution is 0.199. The van der Waals surface area contributed by atoms with E-state index >= 15 is 0 Å². The minimum Gasteiger partial charge on any atom is -0.389 e. The molecule has 0 aliphatic heterocycles. The molecule has 5 aromatic carbocycles. The van der Waals surface area contributed by atoms with Gasteiger partial charge in [0.1, 0.15) is 0 Å². The van der Waals surface area contributed by atoms with Gasteiger partial charge in [0, 0.05) is 17.1 Å². The number of hydrogen-bond acceptors (Lipinski definition) is 3. The summed E-state index contributed by atoms with van der Waals surface area (Å²) in [7, 11) is 0. The van der Waals surface area contributed by atoms with Crippen molar-refractivity contribution in [2.75, 3.05) is 4.90 Å². The van der Waals surface area contributed by atoms with Crippen molar-refractivity contribution in [2.45, 2.75) is 33.0 Å². The predicted molar refractivity (Wildman–Crippen MR) is 158 cm³/mol. The summed E-state index contributed by atoms with van der Waals surface area (Å²) < 4.78 is 0. The van der Waals surface area contributed by atoms with Crippen LogP contribution in [0.3, 0.4) is 0 Å². The average Bonchev–Trinajstić information content (AvgIpc) is 2.95. The number of aliphatic hydroxyl groups excluding tert-OH is 2. The lowest BCUT2D eigenvalue weighted by atomic mass is 10.0. The molecule has 0 aliphatic rings. The maximum atomic E-state index is 9.81. The average molecular weight is 500 g/mol. The van der Waals surface area contributed by atoms with Crippen molar-refractivity contribution in [3.8, 4) is 22.3 Å². The van der Waals surface area contributed by atoms with Crippen LogP contribution in [0.5, 0.6) is 0 Å². The van der Waals surface area contributed by atoms with Crippen LogP contribution in [0.4, 0.5) is 17.1 Å². The number of nitrogens with zero attached hydrogens (tertiary/aromatic N) is 1. The Hall–Kier alpha value is -4.18. The largest absolute Gasteiger partial charge is 0.389 e. The molecule has 0 spiro atoms. The van der Waals surface area contributed by atoms with Crippen LogP contribution in [-0.4, -0.2) is 10.2 Å². The Labute approximate surface area is 225 Å². The molecule has 3 heteroatoms. The maximum absolute atomic E-state index is 9.81. The molecule has 0 saturated carbocycles. The van der Waals surface area contributed by atoms with Crippen LogP contribution >= 0.6 is 0 Å². The summed E-state index contributed by atoms with van der Waals surface area (Å²) in [4.78, 5) is 2.26. The van der Waals surface area contributed by atoms with E-state index in [1.54, 1.807) is 13.8 Å². The highest BCUT2D eigenvalue weighted by Crippen LogP contribution is 2.37. The van der Waals surface area contributed by atoms with E-state index < -0.39 is 12.2 Å². The topological polar surface area (TPSA) is 43.7 Å². The first-order valence-corrected chi connectivity index (χ1v) is 13.0. The van der Waals surface area contributed by atoms with E-state index in [4.69, 9.17) is 0 Å². The molecule has 0 aliphatic carbocycles. The van der Waals surface area contributed by atoms with E-state index in [0.717, 1.165) is 50.4 Å². The molecule has 38 heavy (non-hydrogen) atoms. The van der Waals surface area contributed by atoms with Crippen molar-refractivity contribution in [3.63, 3.8) is 0 Å². The molecule has 2 N–H and O–H groups in total. The predicted octanol–water partition coefficient (Wildman–Crippen LogP) is 8.91. The molecule has 0 heterocycles. The Morgan fingerprint density at radius 2 is 0.684 bits per heavy atom. The summed E-state index contributed by atoms with van der Waals surface area (Å²) in [5, 5.41) is 19.6. The van der Waals surface area contributed by atoms with E-state index in [-0.39, 0.29) is 0 Å². The van der Waals surface area contributed by atoms with Crippen molar-refractivity contribution in [1.82, 2.24) is 0 Å². The minimum absolute atomic E-state index is 0.468. The SMILES string of the molecule is Cc1ccc(N(c2ccc(-c3ccc(C(C)O)cc3)cc2)c2ccc(-c3ccc(C(C)O)cc3)cc2)cc1. The standard InChI is InChI=1S/C35H33NO2/c1-24-4-18-33(19-5-24)36(34-20-14-31(15-21-34)29-10-6-27(7-11-29)25(2)37)35-22-16-32(17-23-35)30-12-8-28(9-13-30)26(3)38/h4-23,25-26,37-38H,1-3H3. The van der Waals surface area contributed by atoms with Crippen molar-refractivity contribution >= 4 is 17.1 Å². The van der Waals surface area contributed by atoms with E-state index in [1.165, 1.54) is 5.56 Å². The van der Waals surface area contributed by atoms with Gasteiger partial charge in [0.25, 0.3) is 0 Å². The number of anilines is 3. The summed E-state index contributed by atoms with van der Waals surface area (Å²) in [6, 6.07) is 41.9. The second-order valence-corrected chi connectivity index (χ2v) is 9.86. The molecule has 0 bridgehead atoms. The Bertz CT molecular complexity index is 1370. The minimum atomic E-state index is -0.468. The summed E-state index contributed by atoms with van der Waals surface area (Å²) in [6.45, 7) is 5.66. The van der Waals surface area contributed by atoms with Gasteiger partial charge in [-0.3, -0.25) is 0 Å². The monoisotopic (exact) mass is 499 g/mol. The number of aliphatic hydroxyl groups is 2. The van der Waals surface area contributed by atoms with E-state index in [0.29, 0.717) is 0 Å². The van der Waals surface area contributed by atoms with Crippen molar-refractivity contribution in [3.05, 3.63) is 138 Å². The molecule has 3 nitrogen and oxygen atoms in total. The zero-order valence-corrected chi connectivity index (χ0v) is 22.0. The first-order chi connectivity index (χ1) is 18.4. The van der Waals surface area contributed by atoms with E-state index in [1.807, 2.05) is 24.3 Å². The lowest BCUT2D eigenvalue weighted by Gasteiger charge is -2.26. The Morgan fingerprint density at radius 1 is 0.421 bits per heavy atom. The highest BCUT2D eigenvalue weighted by atomic mass is 16.3. The molecule has 0 radical (unpaired) electrons. The molecule has 0 fully saturated rings. The molecule has 2 unspecified atom stereocenters. The van der Waals surface area contributed by atoms with Crippen molar-refractivity contribution in [1.29, 1.82) is 0 Å².